The molecule has 156 valence electrons. The Balaban J connectivity index is 1.75. The standard InChI is InChI=1S/C22H18ClF3N2O2/c23-17-10-27-21(20-18(25)8-12(24)9-19(20)26)16-7-11(1-6-15(16)17)22(30)28-13-2-4-14(29)5-3-13/h1,6-10,13-14,29H,2-5H2,(H,28,30). The van der Waals surface area contributed by atoms with E-state index >= 15 is 0 Å². The van der Waals surface area contributed by atoms with Crippen molar-refractivity contribution < 1.29 is 23.1 Å². The van der Waals surface area contributed by atoms with Crippen molar-refractivity contribution in [3.05, 3.63) is 64.6 Å². The summed E-state index contributed by atoms with van der Waals surface area (Å²) >= 11 is 6.19. The van der Waals surface area contributed by atoms with Gasteiger partial charge in [0.2, 0.25) is 0 Å². The highest BCUT2D eigenvalue weighted by molar-refractivity contribution is 6.35. The first-order valence-electron chi connectivity index (χ1n) is 9.55. The molecule has 0 aliphatic heterocycles. The number of aliphatic hydroxyl groups excluding tert-OH is 1. The third kappa shape index (κ3) is 4.00. The molecule has 0 saturated heterocycles. The first kappa shape index (κ1) is 20.6. The van der Waals surface area contributed by atoms with Crippen molar-refractivity contribution in [2.45, 2.75) is 37.8 Å². The number of amides is 1. The number of rotatable bonds is 3. The summed E-state index contributed by atoms with van der Waals surface area (Å²) in [6.07, 6.45) is 3.51. The number of hydrogen-bond donors (Lipinski definition) is 2. The predicted molar refractivity (Wildman–Crippen MR) is 108 cm³/mol. The highest BCUT2D eigenvalue weighted by Gasteiger charge is 2.23. The SMILES string of the molecule is O=C(NC1CCC(O)CC1)c1ccc2c(Cl)cnc(-c3c(F)cc(F)cc3F)c2c1. The van der Waals surface area contributed by atoms with Crippen LogP contribution in [-0.4, -0.2) is 28.1 Å². The van der Waals surface area contributed by atoms with Gasteiger partial charge in [0.05, 0.1) is 22.4 Å². The molecular formula is C22H18ClF3N2O2. The molecule has 4 nitrogen and oxygen atoms in total. The van der Waals surface area contributed by atoms with Crippen molar-refractivity contribution in [3.8, 4) is 11.3 Å². The van der Waals surface area contributed by atoms with E-state index in [2.05, 4.69) is 10.3 Å². The average Bonchev–Trinajstić information content (AvgIpc) is 2.70. The normalized spacial score (nSPS) is 19.1. The van der Waals surface area contributed by atoms with E-state index in [9.17, 15) is 23.1 Å². The maximum Gasteiger partial charge on any atom is 0.251 e. The van der Waals surface area contributed by atoms with Crippen LogP contribution in [0.2, 0.25) is 5.02 Å². The van der Waals surface area contributed by atoms with Gasteiger partial charge in [0.25, 0.3) is 5.91 Å². The number of aromatic nitrogens is 1. The van der Waals surface area contributed by atoms with E-state index in [4.69, 9.17) is 11.6 Å². The van der Waals surface area contributed by atoms with Crippen molar-refractivity contribution in [1.29, 1.82) is 0 Å². The van der Waals surface area contributed by atoms with Crippen LogP contribution in [0.25, 0.3) is 22.0 Å². The summed E-state index contributed by atoms with van der Waals surface area (Å²) in [6.45, 7) is 0. The first-order chi connectivity index (χ1) is 14.3. The van der Waals surface area contributed by atoms with Gasteiger partial charge in [-0.05, 0) is 37.8 Å². The van der Waals surface area contributed by atoms with Gasteiger partial charge in [-0.15, -0.1) is 0 Å². The molecule has 0 spiro atoms. The molecule has 0 radical (unpaired) electrons. The fourth-order valence-electron chi connectivity index (χ4n) is 3.81. The number of fused-ring (bicyclic) bond motifs is 1. The zero-order chi connectivity index (χ0) is 21.4. The van der Waals surface area contributed by atoms with Gasteiger partial charge in [-0.25, -0.2) is 13.2 Å². The minimum Gasteiger partial charge on any atom is -0.393 e. The minimum absolute atomic E-state index is 0.0551. The highest BCUT2D eigenvalue weighted by atomic mass is 35.5. The number of hydrogen-bond acceptors (Lipinski definition) is 3. The summed E-state index contributed by atoms with van der Waals surface area (Å²) in [5.74, 6) is -3.58. The van der Waals surface area contributed by atoms with E-state index in [1.54, 1.807) is 12.1 Å². The van der Waals surface area contributed by atoms with E-state index < -0.39 is 23.0 Å². The number of pyridine rings is 1. The Bertz CT molecular complexity index is 1110. The fraction of sp³-hybridized carbons (Fsp3) is 0.273. The maximum atomic E-state index is 14.4. The first-order valence-corrected chi connectivity index (χ1v) is 9.93. The molecule has 1 heterocycles. The summed E-state index contributed by atoms with van der Waals surface area (Å²) in [4.78, 5) is 16.8. The second kappa shape index (κ2) is 8.24. The minimum atomic E-state index is -1.10. The second-order valence-electron chi connectivity index (χ2n) is 7.44. The number of halogens is 4. The largest absolute Gasteiger partial charge is 0.393 e. The van der Waals surface area contributed by atoms with E-state index in [0.29, 0.717) is 43.2 Å². The van der Waals surface area contributed by atoms with Crippen LogP contribution in [0.4, 0.5) is 13.2 Å². The van der Waals surface area contributed by atoms with Crippen LogP contribution in [0.5, 0.6) is 0 Å². The molecule has 8 heteroatoms. The van der Waals surface area contributed by atoms with Crippen LogP contribution in [-0.2, 0) is 0 Å². The molecule has 4 rings (SSSR count). The van der Waals surface area contributed by atoms with Gasteiger partial charge < -0.3 is 10.4 Å². The van der Waals surface area contributed by atoms with Crippen molar-refractivity contribution in [2.75, 3.05) is 0 Å². The van der Waals surface area contributed by atoms with Crippen molar-refractivity contribution >= 4 is 28.3 Å². The van der Waals surface area contributed by atoms with Gasteiger partial charge in [-0.2, -0.15) is 0 Å². The predicted octanol–water partition coefficient (Wildman–Crippen LogP) is 5.01. The Labute approximate surface area is 175 Å². The van der Waals surface area contributed by atoms with Crippen LogP contribution in [0.15, 0.2) is 36.5 Å². The lowest BCUT2D eigenvalue weighted by Crippen LogP contribution is -2.38. The molecule has 1 aliphatic carbocycles. The Morgan fingerprint density at radius 3 is 2.37 bits per heavy atom. The molecule has 1 aromatic heterocycles. The third-order valence-electron chi connectivity index (χ3n) is 5.38. The molecule has 2 N–H and O–H groups in total. The van der Waals surface area contributed by atoms with Gasteiger partial charge in [0.15, 0.2) is 0 Å². The van der Waals surface area contributed by atoms with E-state index in [1.807, 2.05) is 0 Å². The molecule has 30 heavy (non-hydrogen) atoms. The topological polar surface area (TPSA) is 62.2 Å². The molecule has 0 atom stereocenters. The van der Waals surface area contributed by atoms with Crippen molar-refractivity contribution in [1.82, 2.24) is 10.3 Å². The number of carbonyl (C=O) groups is 1. The molecular weight excluding hydrogens is 417 g/mol. The van der Waals surface area contributed by atoms with E-state index in [0.717, 1.165) is 0 Å². The van der Waals surface area contributed by atoms with Gasteiger partial charge in [-0.1, -0.05) is 17.7 Å². The maximum absolute atomic E-state index is 14.4. The lowest BCUT2D eigenvalue weighted by atomic mass is 9.93. The monoisotopic (exact) mass is 434 g/mol. The molecule has 0 bridgehead atoms. The van der Waals surface area contributed by atoms with Crippen molar-refractivity contribution in [2.24, 2.45) is 0 Å². The number of aliphatic hydroxyl groups is 1. The number of benzene rings is 2. The van der Waals surface area contributed by atoms with Gasteiger partial charge in [-0.3, -0.25) is 9.78 Å². The Morgan fingerprint density at radius 2 is 1.70 bits per heavy atom. The van der Waals surface area contributed by atoms with Crippen LogP contribution < -0.4 is 5.32 Å². The van der Waals surface area contributed by atoms with Crippen LogP contribution in [0.3, 0.4) is 0 Å². The molecule has 2 aromatic carbocycles. The summed E-state index contributed by atoms with van der Waals surface area (Å²) in [5, 5.41) is 13.5. The fourth-order valence-corrected chi connectivity index (χ4v) is 4.02. The van der Waals surface area contributed by atoms with Crippen LogP contribution >= 0.6 is 11.6 Å². The quantitative estimate of drug-likeness (QED) is 0.609. The summed E-state index contributed by atoms with van der Waals surface area (Å²) < 4.78 is 42.1. The highest BCUT2D eigenvalue weighted by Crippen LogP contribution is 2.35. The zero-order valence-electron chi connectivity index (χ0n) is 15.8. The Hall–Kier alpha value is -2.64. The van der Waals surface area contributed by atoms with Gasteiger partial charge >= 0.3 is 0 Å². The zero-order valence-corrected chi connectivity index (χ0v) is 16.5. The Morgan fingerprint density at radius 1 is 1.03 bits per heavy atom. The molecule has 1 aliphatic rings. The second-order valence-corrected chi connectivity index (χ2v) is 7.85. The summed E-state index contributed by atoms with van der Waals surface area (Å²) in [5.41, 5.74) is -0.279. The average molecular weight is 435 g/mol. The lowest BCUT2D eigenvalue weighted by Gasteiger charge is -2.26. The smallest absolute Gasteiger partial charge is 0.251 e. The number of nitrogens with zero attached hydrogens (tertiary/aromatic N) is 1. The third-order valence-corrected chi connectivity index (χ3v) is 5.68. The van der Waals surface area contributed by atoms with Gasteiger partial charge in [0, 0.05) is 40.7 Å². The van der Waals surface area contributed by atoms with Crippen molar-refractivity contribution in [3.63, 3.8) is 0 Å². The van der Waals surface area contributed by atoms with Crippen LogP contribution in [0, 0.1) is 17.5 Å². The molecule has 1 saturated carbocycles. The molecule has 1 fully saturated rings. The summed E-state index contributed by atoms with van der Waals surface area (Å²) in [6, 6.07) is 5.73. The van der Waals surface area contributed by atoms with Gasteiger partial charge in [0.1, 0.15) is 17.5 Å². The summed E-state index contributed by atoms with van der Waals surface area (Å²) in [7, 11) is 0. The van der Waals surface area contributed by atoms with Crippen LogP contribution in [0.1, 0.15) is 36.0 Å². The Kier molecular flexibility index (Phi) is 5.66. The number of carbonyl (C=O) groups excluding carboxylic acids is 1. The van der Waals surface area contributed by atoms with E-state index in [1.165, 1.54) is 12.3 Å². The van der Waals surface area contributed by atoms with E-state index in [-0.39, 0.29) is 39.7 Å². The molecule has 0 unspecified atom stereocenters. The molecule has 3 aromatic rings. The lowest BCUT2D eigenvalue weighted by molar-refractivity contribution is 0.0868. The number of nitrogens with one attached hydrogen (secondary N) is 1. The molecule has 1 amide bonds.